The molecule has 1 aromatic rings. The second kappa shape index (κ2) is 5.76. The number of nitrogens with one attached hydrogen (secondary N) is 1. The minimum absolute atomic E-state index is 0.196. The first-order valence-corrected chi connectivity index (χ1v) is 5.80. The molecule has 0 atom stereocenters. The highest BCUT2D eigenvalue weighted by Crippen LogP contribution is 2.15. The molecular formula is C13H15FN2O. The Morgan fingerprint density at radius 1 is 1.41 bits per heavy atom. The van der Waals surface area contributed by atoms with Crippen molar-refractivity contribution in [1.82, 2.24) is 5.32 Å². The molecule has 1 aliphatic rings. The fourth-order valence-electron chi connectivity index (χ4n) is 1.92. The number of nitrogens with zero attached hydrogens (tertiary/aromatic N) is 1. The van der Waals surface area contributed by atoms with Crippen LogP contribution in [0.15, 0.2) is 18.2 Å². The van der Waals surface area contributed by atoms with Crippen LogP contribution in [0.1, 0.15) is 24.0 Å². The Bertz CT molecular complexity index is 422. The molecule has 1 saturated heterocycles. The van der Waals surface area contributed by atoms with Gasteiger partial charge in [0.2, 0.25) is 0 Å². The molecule has 0 aromatic heterocycles. The maximum Gasteiger partial charge on any atom is 0.128 e. The molecule has 0 saturated carbocycles. The lowest BCUT2D eigenvalue weighted by Gasteiger charge is -2.23. The number of benzene rings is 1. The molecule has 90 valence electrons. The van der Waals surface area contributed by atoms with E-state index in [0.29, 0.717) is 11.1 Å². The smallest absolute Gasteiger partial charge is 0.128 e. The van der Waals surface area contributed by atoms with Gasteiger partial charge in [-0.3, -0.25) is 0 Å². The Morgan fingerprint density at radius 3 is 2.88 bits per heavy atom. The van der Waals surface area contributed by atoms with Crippen molar-refractivity contribution in [3.8, 4) is 6.07 Å². The fourth-order valence-corrected chi connectivity index (χ4v) is 1.92. The van der Waals surface area contributed by atoms with Crippen molar-refractivity contribution in [2.24, 2.45) is 0 Å². The normalized spacial score (nSPS) is 16.7. The maximum atomic E-state index is 13.5. The van der Waals surface area contributed by atoms with Gasteiger partial charge in [0.15, 0.2) is 0 Å². The van der Waals surface area contributed by atoms with Gasteiger partial charge in [0.05, 0.1) is 24.3 Å². The Kier molecular flexibility index (Phi) is 4.08. The Labute approximate surface area is 100 Å². The first kappa shape index (κ1) is 12.0. The molecule has 0 spiro atoms. The fraction of sp³-hybridized carbons (Fsp3) is 0.462. The van der Waals surface area contributed by atoms with Crippen molar-refractivity contribution in [2.75, 3.05) is 13.1 Å². The van der Waals surface area contributed by atoms with Crippen LogP contribution in [0.4, 0.5) is 4.39 Å². The molecule has 17 heavy (non-hydrogen) atoms. The largest absolute Gasteiger partial charge is 0.373 e. The molecular weight excluding hydrogens is 219 g/mol. The van der Waals surface area contributed by atoms with E-state index in [4.69, 9.17) is 10.00 Å². The van der Waals surface area contributed by atoms with Gasteiger partial charge in [-0.1, -0.05) is 0 Å². The van der Waals surface area contributed by atoms with E-state index in [2.05, 4.69) is 5.32 Å². The van der Waals surface area contributed by atoms with Gasteiger partial charge in [0.1, 0.15) is 5.82 Å². The van der Waals surface area contributed by atoms with E-state index in [1.54, 1.807) is 6.07 Å². The SMILES string of the molecule is N#Cc1ccc(F)c(COC2CCNCC2)c1. The van der Waals surface area contributed by atoms with Crippen LogP contribution in [0.25, 0.3) is 0 Å². The lowest BCUT2D eigenvalue weighted by atomic mass is 10.1. The average molecular weight is 234 g/mol. The van der Waals surface area contributed by atoms with Crippen LogP contribution in [0.3, 0.4) is 0 Å². The van der Waals surface area contributed by atoms with E-state index in [9.17, 15) is 4.39 Å². The number of halogens is 1. The lowest BCUT2D eigenvalue weighted by Crippen LogP contribution is -2.32. The molecule has 4 heteroatoms. The van der Waals surface area contributed by atoms with Gasteiger partial charge in [-0.2, -0.15) is 5.26 Å². The highest BCUT2D eigenvalue weighted by atomic mass is 19.1. The average Bonchev–Trinajstić information content (AvgIpc) is 2.39. The van der Waals surface area contributed by atoms with Crippen molar-refractivity contribution in [2.45, 2.75) is 25.6 Å². The summed E-state index contributed by atoms with van der Waals surface area (Å²) in [5, 5.41) is 12.0. The first-order valence-electron chi connectivity index (χ1n) is 5.80. The summed E-state index contributed by atoms with van der Waals surface area (Å²) < 4.78 is 19.1. The molecule has 1 aliphatic heterocycles. The van der Waals surface area contributed by atoms with Crippen LogP contribution in [0, 0.1) is 17.1 Å². The van der Waals surface area contributed by atoms with Crippen LogP contribution in [-0.4, -0.2) is 19.2 Å². The summed E-state index contributed by atoms with van der Waals surface area (Å²) >= 11 is 0. The predicted molar refractivity (Wildman–Crippen MR) is 61.8 cm³/mol. The summed E-state index contributed by atoms with van der Waals surface area (Å²) in [5.41, 5.74) is 0.929. The van der Waals surface area contributed by atoms with E-state index in [1.807, 2.05) is 6.07 Å². The standard InChI is InChI=1S/C13H15FN2O/c14-13-2-1-10(8-15)7-11(13)9-17-12-3-5-16-6-4-12/h1-2,7,12,16H,3-6,9H2. The Balaban J connectivity index is 1.95. The summed E-state index contributed by atoms with van der Waals surface area (Å²) in [6.07, 6.45) is 2.11. The summed E-state index contributed by atoms with van der Waals surface area (Å²) in [5.74, 6) is -0.307. The third-order valence-electron chi connectivity index (χ3n) is 2.94. The van der Waals surface area contributed by atoms with Gasteiger partial charge in [-0.15, -0.1) is 0 Å². The molecule has 1 N–H and O–H groups in total. The van der Waals surface area contributed by atoms with E-state index in [-0.39, 0.29) is 18.5 Å². The van der Waals surface area contributed by atoms with Crippen molar-refractivity contribution in [3.63, 3.8) is 0 Å². The Morgan fingerprint density at radius 2 is 2.18 bits per heavy atom. The van der Waals surface area contributed by atoms with E-state index in [0.717, 1.165) is 25.9 Å². The van der Waals surface area contributed by atoms with Crippen LogP contribution >= 0.6 is 0 Å². The topological polar surface area (TPSA) is 45.0 Å². The second-order valence-electron chi connectivity index (χ2n) is 4.18. The number of ether oxygens (including phenoxy) is 1. The second-order valence-corrected chi connectivity index (χ2v) is 4.18. The third-order valence-corrected chi connectivity index (χ3v) is 2.94. The molecule has 0 unspecified atom stereocenters. The summed E-state index contributed by atoms with van der Waals surface area (Å²) in [7, 11) is 0. The van der Waals surface area contributed by atoms with Gasteiger partial charge in [0, 0.05) is 5.56 Å². The number of hydrogen-bond donors (Lipinski definition) is 1. The van der Waals surface area contributed by atoms with E-state index < -0.39 is 0 Å². The molecule has 2 rings (SSSR count). The van der Waals surface area contributed by atoms with Crippen molar-refractivity contribution in [1.29, 1.82) is 5.26 Å². The zero-order valence-electron chi connectivity index (χ0n) is 9.58. The zero-order valence-corrected chi connectivity index (χ0v) is 9.58. The molecule has 1 aromatic carbocycles. The third kappa shape index (κ3) is 3.26. The maximum absolute atomic E-state index is 13.5. The quantitative estimate of drug-likeness (QED) is 0.869. The van der Waals surface area contributed by atoms with Crippen LogP contribution in [0.2, 0.25) is 0 Å². The molecule has 0 radical (unpaired) electrons. The minimum atomic E-state index is -0.307. The van der Waals surface area contributed by atoms with Crippen molar-refractivity contribution in [3.05, 3.63) is 35.1 Å². The predicted octanol–water partition coefficient (Wildman–Crippen LogP) is 1.97. The zero-order chi connectivity index (χ0) is 12.1. The number of piperidine rings is 1. The number of nitriles is 1. The summed E-state index contributed by atoms with van der Waals surface area (Å²) in [4.78, 5) is 0. The molecule has 0 aliphatic carbocycles. The van der Waals surface area contributed by atoms with Gasteiger partial charge in [0.25, 0.3) is 0 Å². The molecule has 0 bridgehead atoms. The molecule has 1 fully saturated rings. The minimum Gasteiger partial charge on any atom is -0.373 e. The van der Waals surface area contributed by atoms with Crippen LogP contribution in [-0.2, 0) is 11.3 Å². The highest BCUT2D eigenvalue weighted by molar-refractivity contribution is 5.33. The van der Waals surface area contributed by atoms with Crippen molar-refractivity contribution < 1.29 is 9.13 Å². The lowest BCUT2D eigenvalue weighted by molar-refractivity contribution is 0.0199. The van der Waals surface area contributed by atoms with Crippen LogP contribution in [0.5, 0.6) is 0 Å². The van der Waals surface area contributed by atoms with Gasteiger partial charge < -0.3 is 10.1 Å². The van der Waals surface area contributed by atoms with E-state index in [1.165, 1.54) is 12.1 Å². The Hall–Kier alpha value is -1.44. The molecule has 3 nitrogen and oxygen atoms in total. The monoisotopic (exact) mass is 234 g/mol. The first-order chi connectivity index (χ1) is 8.29. The van der Waals surface area contributed by atoms with E-state index >= 15 is 0 Å². The summed E-state index contributed by atoms with van der Waals surface area (Å²) in [6, 6.07) is 6.35. The highest BCUT2D eigenvalue weighted by Gasteiger charge is 2.14. The number of rotatable bonds is 3. The van der Waals surface area contributed by atoms with Gasteiger partial charge in [-0.05, 0) is 44.1 Å². The number of hydrogen-bond acceptors (Lipinski definition) is 3. The summed E-state index contributed by atoms with van der Waals surface area (Å²) in [6.45, 7) is 2.14. The van der Waals surface area contributed by atoms with Gasteiger partial charge in [-0.25, -0.2) is 4.39 Å². The van der Waals surface area contributed by atoms with Crippen molar-refractivity contribution >= 4 is 0 Å². The van der Waals surface area contributed by atoms with Crippen LogP contribution < -0.4 is 5.32 Å². The molecule has 0 amide bonds. The van der Waals surface area contributed by atoms with Gasteiger partial charge >= 0.3 is 0 Å². The molecule has 1 heterocycles.